The van der Waals surface area contributed by atoms with Gasteiger partial charge in [0.15, 0.2) is 0 Å². The highest BCUT2D eigenvalue weighted by atomic mass is 15.1. The first-order chi connectivity index (χ1) is 21.5. The average molecular weight is 584 g/mol. The van der Waals surface area contributed by atoms with Crippen LogP contribution in [-0.2, 0) is 16.2 Å². The fourth-order valence-corrected chi connectivity index (χ4v) is 8.52. The maximum Gasteiger partial charge on any atom is 0.0465 e. The summed E-state index contributed by atoms with van der Waals surface area (Å²) in [6.45, 7) is 20.7. The largest absolute Gasteiger partial charge is 0.310 e. The Hall–Kier alpha value is -4.62. The minimum atomic E-state index is -0.137. The van der Waals surface area contributed by atoms with E-state index in [0.29, 0.717) is 0 Å². The van der Waals surface area contributed by atoms with Gasteiger partial charge in [0.05, 0.1) is 0 Å². The predicted molar refractivity (Wildman–Crippen MR) is 192 cm³/mol. The van der Waals surface area contributed by atoms with Crippen molar-refractivity contribution in [3.8, 4) is 22.3 Å². The van der Waals surface area contributed by atoms with Crippen LogP contribution in [0, 0.1) is 0 Å². The quantitative estimate of drug-likeness (QED) is 0.204. The molecule has 0 N–H and O–H groups in total. The lowest BCUT2D eigenvalue weighted by molar-refractivity contribution is 0.660. The molecule has 5 aromatic carbocycles. The number of benzene rings is 5. The molecule has 45 heavy (non-hydrogen) atoms. The molecule has 0 amide bonds. The normalized spacial score (nSPS) is 18.3. The van der Waals surface area contributed by atoms with Crippen molar-refractivity contribution in [1.29, 1.82) is 0 Å². The van der Waals surface area contributed by atoms with E-state index in [0.717, 1.165) is 0 Å². The van der Waals surface area contributed by atoms with Crippen LogP contribution < -0.4 is 4.90 Å². The molecular weight excluding hydrogens is 542 g/mol. The minimum absolute atomic E-state index is 0.0757. The summed E-state index contributed by atoms with van der Waals surface area (Å²) in [5, 5.41) is 0. The van der Waals surface area contributed by atoms with Gasteiger partial charge in [-0.1, -0.05) is 121 Å². The molecule has 0 unspecified atom stereocenters. The standard InChI is InChI=1S/C44H41N/c1-9-31-27(2)42(3,4)39-24-28(18-21-34(31)39)45(29-19-22-35-32-14-10-12-16-37(32)43(5,6)40(35)25-29)30-20-23-36-33-15-11-13-17-38(33)44(7,8)41(36)26-30/h9-26H,2H2,1,3-8H3/b31-9+. The number of nitrogens with zero attached hydrogens (tertiary/aromatic N) is 1. The maximum absolute atomic E-state index is 4.53. The van der Waals surface area contributed by atoms with E-state index in [-0.39, 0.29) is 16.2 Å². The molecule has 3 aliphatic carbocycles. The Balaban J connectivity index is 1.35. The number of rotatable bonds is 3. The molecule has 0 saturated heterocycles. The van der Waals surface area contributed by atoms with Crippen LogP contribution in [-0.4, -0.2) is 0 Å². The van der Waals surface area contributed by atoms with Gasteiger partial charge in [-0.25, -0.2) is 0 Å². The van der Waals surface area contributed by atoms with E-state index in [2.05, 4.69) is 169 Å². The number of allylic oxidation sites excluding steroid dienone is 3. The van der Waals surface area contributed by atoms with Gasteiger partial charge in [-0.05, 0) is 110 Å². The fraction of sp³-hybridized carbons (Fsp3) is 0.227. The lowest BCUT2D eigenvalue weighted by Gasteiger charge is -2.31. The summed E-state index contributed by atoms with van der Waals surface area (Å²) in [6, 6.07) is 39.0. The van der Waals surface area contributed by atoms with E-state index < -0.39 is 0 Å². The smallest absolute Gasteiger partial charge is 0.0465 e. The summed E-state index contributed by atoms with van der Waals surface area (Å²) in [5.41, 5.74) is 19.3. The van der Waals surface area contributed by atoms with Gasteiger partial charge in [0.2, 0.25) is 0 Å². The molecule has 0 fully saturated rings. The molecule has 1 heteroatoms. The third-order valence-electron chi connectivity index (χ3n) is 11.2. The van der Waals surface area contributed by atoms with Crippen molar-refractivity contribution >= 4 is 22.6 Å². The Morgan fingerprint density at radius 1 is 0.467 bits per heavy atom. The summed E-state index contributed by atoms with van der Waals surface area (Å²) in [5.74, 6) is 0. The first-order valence-electron chi connectivity index (χ1n) is 16.3. The van der Waals surface area contributed by atoms with Crippen LogP contribution >= 0.6 is 0 Å². The summed E-state index contributed by atoms with van der Waals surface area (Å²) in [6.07, 6.45) is 2.22. The maximum atomic E-state index is 4.53. The Morgan fingerprint density at radius 2 is 0.844 bits per heavy atom. The Kier molecular flexibility index (Phi) is 5.71. The first kappa shape index (κ1) is 27.9. The van der Waals surface area contributed by atoms with E-state index >= 15 is 0 Å². The highest BCUT2D eigenvalue weighted by Crippen LogP contribution is 2.54. The van der Waals surface area contributed by atoms with E-state index in [1.54, 1.807) is 0 Å². The molecule has 0 aromatic heterocycles. The summed E-state index contributed by atoms with van der Waals surface area (Å²) in [4.78, 5) is 2.48. The lowest BCUT2D eigenvalue weighted by Crippen LogP contribution is -2.19. The second-order valence-electron chi connectivity index (χ2n) is 14.7. The van der Waals surface area contributed by atoms with Gasteiger partial charge in [-0.2, -0.15) is 0 Å². The second kappa shape index (κ2) is 9.21. The van der Waals surface area contributed by atoms with E-state index in [1.807, 2.05) is 0 Å². The van der Waals surface area contributed by atoms with Crippen LogP contribution in [0.3, 0.4) is 0 Å². The molecule has 5 aromatic rings. The van der Waals surface area contributed by atoms with Gasteiger partial charge in [0.25, 0.3) is 0 Å². The van der Waals surface area contributed by atoms with E-state index in [9.17, 15) is 0 Å². The molecule has 0 spiro atoms. The van der Waals surface area contributed by atoms with Crippen LogP contribution in [0.1, 0.15) is 81.8 Å². The van der Waals surface area contributed by atoms with Gasteiger partial charge < -0.3 is 4.90 Å². The molecule has 0 bridgehead atoms. The number of anilines is 3. The third-order valence-corrected chi connectivity index (χ3v) is 11.2. The molecule has 0 heterocycles. The van der Waals surface area contributed by atoms with Gasteiger partial charge >= 0.3 is 0 Å². The molecule has 0 atom stereocenters. The zero-order chi connectivity index (χ0) is 31.5. The van der Waals surface area contributed by atoms with Crippen LogP contribution in [0.2, 0.25) is 0 Å². The van der Waals surface area contributed by atoms with Crippen LogP contribution in [0.5, 0.6) is 0 Å². The average Bonchev–Trinajstić information content (AvgIpc) is 3.50. The van der Waals surface area contributed by atoms with Crippen LogP contribution in [0.15, 0.2) is 121 Å². The van der Waals surface area contributed by atoms with Gasteiger partial charge in [-0.15, -0.1) is 0 Å². The monoisotopic (exact) mass is 583 g/mol. The number of hydrogen-bond acceptors (Lipinski definition) is 1. The fourth-order valence-electron chi connectivity index (χ4n) is 8.52. The van der Waals surface area contributed by atoms with Crippen molar-refractivity contribution in [2.75, 3.05) is 4.90 Å². The molecule has 8 rings (SSSR count). The molecule has 3 aliphatic rings. The zero-order valence-electron chi connectivity index (χ0n) is 27.5. The summed E-state index contributed by atoms with van der Waals surface area (Å²) < 4.78 is 0. The Labute approximate surface area is 268 Å². The third kappa shape index (κ3) is 3.67. The van der Waals surface area contributed by atoms with Crippen molar-refractivity contribution in [2.45, 2.75) is 64.7 Å². The zero-order valence-corrected chi connectivity index (χ0v) is 27.5. The second-order valence-corrected chi connectivity index (χ2v) is 14.7. The highest BCUT2D eigenvalue weighted by molar-refractivity contribution is 5.92. The lowest BCUT2D eigenvalue weighted by atomic mass is 9.82. The minimum Gasteiger partial charge on any atom is -0.310 e. The van der Waals surface area contributed by atoms with Crippen LogP contribution in [0.25, 0.3) is 27.8 Å². The molecule has 1 nitrogen and oxygen atoms in total. The van der Waals surface area contributed by atoms with Crippen molar-refractivity contribution in [3.05, 3.63) is 155 Å². The molecule has 0 radical (unpaired) electrons. The van der Waals surface area contributed by atoms with Gasteiger partial charge in [0, 0.05) is 33.3 Å². The molecular formula is C44H41N. The van der Waals surface area contributed by atoms with E-state index in [1.165, 1.54) is 83.8 Å². The summed E-state index contributed by atoms with van der Waals surface area (Å²) >= 11 is 0. The number of fused-ring (bicyclic) bond motifs is 7. The van der Waals surface area contributed by atoms with Crippen molar-refractivity contribution < 1.29 is 0 Å². The van der Waals surface area contributed by atoms with Gasteiger partial charge in [-0.3, -0.25) is 0 Å². The van der Waals surface area contributed by atoms with Gasteiger partial charge in [0.1, 0.15) is 0 Å². The highest BCUT2D eigenvalue weighted by Gasteiger charge is 2.39. The molecule has 222 valence electrons. The Bertz CT molecular complexity index is 2010. The van der Waals surface area contributed by atoms with E-state index in [4.69, 9.17) is 0 Å². The molecule has 0 aliphatic heterocycles. The SMILES string of the molecule is C=C1/C(=C\C)c2ccc(N(c3ccc4c(c3)C(C)(C)c3ccccc3-4)c3ccc4c(c3)C(C)(C)c3ccccc3-4)cc2C1(C)C. The Morgan fingerprint density at radius 3 is 1.29 bits per heavy atom. The van der Waals surface area contributed by atoms with Crippen molar-refractivity contribution in [3.63, 3.8) is 0 Å². The summed E-state index contributed by atoms with van der Waals surface area (Å²) in [7, 11) is 0. The van der Waals surface area contributed by atoms with Crippen molar-refractivity contribution in [1.82, 2.24) is 0 Å². The van der Waals surface area contributed by atoms with Crippen LogP contribution in [0.4, 0.5) is 17.1 Å². The topological polar surface area (TPSA) is 3.24 Å². The van der Waals surface area contributed by atoms with Crippen molar-refractivity contribution in [2.24, 2.45) is 0 Å². The predicted octanol–water partition coefficient (Wildman–Crippen LogP) is 12.0. The number of hydrogen-bond donors (Lipinski definition) is 0. The first-order valence-corrected chi connectivity index (χ1v) is 16.3. The molecule has 0 saturated carbocycles.